The molecule has 0 saturated heterocycles. The van der Waals surface area contributed by atoms with Crippen molar-refractivity contribution in [1.29, 1.82) is 0 Å². The molecule has 1 aromatic rings. The van der Waals surface area contributed by atoms with E-state index in [1.807, 2.05) is 18.2 Å². The van der Waals surface area contributed by atoms with Gasteiger partial charge in [-0.3, -0.25) is 0 Å². The summed E-state index contributed by atoms with van der Waals surface area (Å²) in [6.45, 7) is 14.6. The SMILES string of the molecule is CC(C)(C)OC(=O)N(C(=O)OC(C)(C)C)C1=NC2(CO1)c1cc(Br)ccc1OC(C)(C)C21CC1. The molecule has 1 atom stereocenters. The van der Waals surface area contributed by atoms with Crippen LogP contribution in [0.4, 0.5) is 9.59 Å². The Kier molecular flexibility index (Phi) is 5.55. The number of halogens is 1. The number of hydrogen-bond acceptors (Lipinski definition) is 7. The van der Waals surface area contributed by atoms with Gasteiger partial charge < -0.3 is 18.9 Å². The van der Waals surface area contributed by atoms with Gasteiger partial charge in [0.05, 0.1) is 0 Å². The fourth-order valence-corrected chi connectivity index (χ4v) is 5.28. The Morgan fingerprint density at radius 2 is 1.59 bits per heavy atom. The number of benzene rings is 1. The predicted octanol–water partition coefficient (Wildman–Crippen LogP) is 6.15. The Balaban J connectivity index is 1.84. The number of aliphatic imine (C=N–C) groups is 1. The summed E-state index contributed by atoms with van der Waals surface area (Å²) in [6.07, 6.45) is -0.0398. The van der Waals surface area contributed by atoms with Crippen LogP contribution in [-0.4, -0.2) is 46.5 Å². The van der Waals surface area contributed by atoms with Crippen LogP contribution in [0, 0.1) is 5.41 Å². The normalized spacial score (nSPS) is 24.0. The molecule has 2 amide bonds. The quantitative estimate of drug-likeness (QED) is 0.394. The molecule has 34 heavy (non-hydrogen) atoms. The number of amidine groups is 1. The summed E-state index contributed by atoms with van der Waals surface area (Å²) < 4.78 is 24.4. The molecule has 0 aromatic heterocycles. The van der Waals surface area contributed by atoms with Crippen LogP contribution in [0.2, 0.25) is 0 Å². The third kappa shape index (κ3) is 4.06. The molecule has 1 saturated carbocycles. The molecular formula is C25H33BrN2O6. The molecule has 2 aliphatic heterocycles. The number of rotatable bonds is 0. The second-order valence-electron chi connectivity index (χ2n) is 11.7. The molecule has 4 rings (SSSR count). The zero-order valence-electron chi connectivity index (χ0n) is 21.1. The monoisotopic (exact) mass is 536 g/mol. The van der Waals surface area contributed by atoms with Crippen LogP contribution < -0.4 is 4.74 Å². The highest BCUT2D eigenvalue weighted by molar-refractivity contribution is 9.10. The van der Waals surface area contributed by atoms with Crippen LogP contribution in [0.1, 0.15) is 73.8 Å². The summed E-state index contributed by atoms with van der Waals surface area (Å²) in [7, 11) is 0. The molecule has 1 unspecified atom stereocenters. The van der Waals surface area contributed by atoms with Gasteiger partial charge in [0.1, 0.15) is 34.7 Å². The van der Waals surface area contributed by atoms with Crippen molar-refractivity contribution in [2.45, 2.75) is 90.6 Å². The van der Waals surface area contributed by atoms with E-state index < -0.39 is 34.5 Å². The maximum absolute atomic E-state index is 13.2. The van der Waals surface area contributed by atoms with E-state index >= 15 is 0 Å². The van der Waals surface area contributed by atoms with E-state index in [0.29, 0.717) is 5.75 Å². The van der Waals surface area contributed by atoms with E-state index in [2.05, 4.69) is 29.8 Å². The van der Waals surface area contributed by atoms with Crippen LogP contribution in [0.25, 0.3) is 0 Å². The maximum Gasteiger partial charge on any atom is 0.428 e. The topological polar surface area (TPSA) is 86.7 Å². The Morgan fingerprint density at radius 3 is 2.09 bits per heavy atom. The van der Waals surface area contributed by atoms with Crippen molar-refractivity contribution in [3.63, 3.8) is 0 Å². The van der Waals surface area contributed by atoms with Gasteiger partial charge in [-0.2, -0.15) is 0 Å². The van der Waals surface area contributed by atoms with Crippen LogP contribution >= 0.6 is 15.9 Å². The first kappa shape index (κ1) is 24.8. The fourth-order valence-electron chi connectivity index (χ4n) is 4.92. The highest BCUT2D eigenvalue weighted by atomic mass is 79.9. The Bertz CT molecular complexity index is 1040. The van der Waals surface area contributed by atoms with Crippen molar-refractivity contribution >= 4 is 34.1 Å². The maximum atomic E-state index is 13.2. The summed E-state index contributed by atoms with van der Waals surface area (Å²) in [5.74, 6) is 0.709. The largest absolute Gasteiger partial charge is 0.487 e. The van der Waals surface area contributed by atoms with Crippen molar-refractivity contribution < 1.29 is 28.5 Å². The third-order valence-electron chi connectivity index (χ3n) is 6.49. The molecule has 186 valence electrons. The number of carbonyl (C=O) groups excluding carboxylic acids is 2. The first-order valence-corrected chi connectivity index (χ1v) is 12.3. The first-order valence-electron chi connectivity index (χ1n) is 11.5. The van der Waals surface area contributed by atoms with Gasteiger partial charge in [-0.1, -0.05) is 15.9 Å². The minimum absolute atomic E-state index is 0.126. The summed E-state index contributed by atoms with van der Waals surface area (Å²) in [6, 6.07) is 5.68. The highest BCUT2D eigenvalue weighted by Crippen LogP contribution is 2.71. The van der Waals surface area contributed by atoms with E-state index in [4.69, 9.17) is 23.9 Å². The van der Waals surface area contributed by atoms with Crippen molar-refractivity contribution in [3.8, 4) is 5.75 Å². The lowest BCUT2D eigenvalue weighted by atomic mass is 9.66. The molecule has 2 heterocycles. The lowest BCUT2D eigenvalue weighted by Crippen LogP contribution is -2.55. The summed E-state index contributed by atoms with van der Waals surface area (Å²) in [5, 5.41) is 0. The Hall–Kier alpha value is -2.29. The average molecular weight is 537 g/mol. The molecule has 9 heteroatoms. The number of ether oxygens (including phenoxy) is 4. The number of imide groups is 1. The second kappa shape index (κ2) is 7.60. The van der Waals surface area contributed by atoms with Gasteiger partial charge in [0.25, 0.3) is 0 Å². The van der Waals surface area contributed by atoms with Crippen LogP contribution in [0.3, 0.4) is 0 Å². The van der Waals surface area contributed by atoms with E-state index in [0.717, 1.165) is 27.8 Å². The summed E-state index contributed by atoms with van der Waals surface area (Å²) in [5.41, 5.74) is -2.50. The molecule has 0 bridgehead atoms. The van der Waals surface area contributed by atoms with E-state index in [-0.39, 0.29) is 18.0 Å². The number of amides is 2. The minimum Gasteiger partial charge on any atom is -0.487 e. The van der Waals surface area contributed by atoms with Crippen molar-refractivity contribution in [2.75, 3.05) is 6.61 Å². The van der Waals surface area contributed by atoms with E-state index in [1.54, 1.807) is 41.5 Å². The molecule has 0 radical (unpaired) electrons. The van der Waals surface area contributed by atoms with Crippen LogP contribution in [0.15, 0.2) is 27.7 Å². The fraction of sp³-hybridized carbons (Fsp3) is 0.640. The van der Waals surface area contributed by atoms with Crippen LogP contribution in [0.5, 0.6) is 5.75 Å². The molecule has 3 aliphatic rings. The van der Waals surface area contributed by atoms with E-state index in [1.165, 1.54) is 0 Å². The molecule has 1 fully saturated rings. The molecule has 8 nitrogen and oxygen atoms in total. The van der Waals surface area contributed by atoms with Crippen molar-refractivity contribution in [3.05, 3.63) is 28.2 Å². The molecule has 2 spiro atoms. The predicted molar refractivity (Wildman–Crippen MR) is 130 cm³/mol. The lowest BCUT2D eigenvalue weighted by molar-refractivity contribution is -0.0482. The zero-order chi connectivity index (χ0) is 25.3. The summed E-state index contributed by atoms with van der Waals surface area (Å²) in [4.78, 5) is 32.1. The smallest absolute Gasteiger partial charge is 0.428 e. The first-order chi connectivity index (χ1) is 15.5. The average Bonchev–Trinajstić information content (AvgIpc) is 3.36. The van der Waals surface area contributed by atoms with Crippen molar-refractivity contribution in [1.82, 2.24) is 4.90 Å². The van der Waals surface area contributed by atoms with Gasteiger partial charge in [0, 0.05) is 15.5 Å². The number of fused-ring (bicyclic) bond motifs is 3. The number of nitrogens with zero attached hydrogens (tertiary/aromatic N) is 2. The number of hydrogen-bond donors (Lipinski definition) is 0. The summed E-state index contributed by atoms with van der Waals surface area (Å²) >= 11 is 3.56. The molecule has 1 aliphatic carbocycles. The zero-order valence-corrected chi connectivity index (χ0v) is 22.7. The lowest BCUT2D eigenvalue weighted by Gasteiger charge is -2.49. The molecule has 1 aromatic carbocycles. The molecular weight excluding hydrogens is 504 g/mol. The Labute approximate surface area is 209 Å². The minimum atomic E-state index is -0.900. The highest BCUT2D eigenvalue weighted by Gasteiger charge is 2.74. The van der Waals surface area contributed by atoms with Gasteiger partial charge in [-0.25, -0.2) is 14.6 Å². The molecule has 0 N–H and O–H groups in total. The van der Waals surface area contributed by atoms with Crippen molar-refractivity contribution in [2.24, 2.45) is 10.4 Å². The van der Waals surface area contributed by atoms with Gasteiger partial charge in [0.2, 0.25) is 0 Å². The van der Waals surface area contributed by atoms with Gasteiger partial charge in [-0.15, -0.1) is 4.90 Å². The Morgan fingerprint density at radius 1 is 1.03 bits per heavy atom. The second-order valence-corrected chi connectivity index (χ2v) is 12.6. The standard InChI is InChI=1S/C25H33BrN2O6/c1-21(2,3)33-19(29)28(20(30)34-22(4,5)6)18-27-25(14-31-18)16-13-15(26)9-10-17(16)32-23(7,8)24(25)11-12-24/h9-10,13H,11-12,14H2,1-8H3. The van der Waals surface area contributed by atoms with Gasteiger partial charge >= 0.3 is 18.2 Å². The van der Waals surface area contributed by atoms with E-state index in [9.17, 15) is 9.59 Å². The van der Waals surface area contributed by atoms with Crippen LogP contribution in [-0.2, 0) is 19.7 Å². The van der Waals surface area contributed by atoms with Gasteiger partial charge in [0.15, 0.2) is 0 Å². The van der Waals surface area contributed by atoms with Gasteiger partial charge in [-0.05, 0) is 86.4 Å². The third-order valence-corrected chi connectivity index (χ3v) is 6.98. The number of carbonyl (C=O) groups is 2.